The molecule has 2 rings (SSSR count). The van der Waals surface area contributed by atoms with Crippen molar-refractivity contribution in [1.29, 1.82) is 0 Å². The predicted molar refractivity (Wildman–Crippen MR) is 73.9 cm³/mol. The molecule has 2 amide bonds. The van der Waals surface area contributed by atoms with Gasteiger partial charge in [0.15, 0.2) is 0 Å². The molecular weight excluding hydrogens is 297 g/mol. The Morgan fingerprint density at radius 2 is 2.14 bits per heavy atom. The van der Waals surface area contributed by atoms with Crippen molar-refractivity contribution in [2.24, 2.45) is 0 Å². The SMILES string of the molecule is CN1C[C@@H](NC(=O)Cc2cccc(C(F)(F)F)c2)CCC1=O. The second-order valence-corrected chi connectivity index (χ2v) is 5.45. The normalized spacial score (nSPS) is 19.2. The lowest BCUT2D eigenvalue weighted by Gasteiger charge is -2.30. The summed E-state index contributed by atoms with van der Waals surface area (Å²) < 4.78 is 37.9. The minimum atomic E-state index is -4.42. The summed E-state index contributed by atoms with van der Waals surface area (Å²) >= 11 is 0. The molecule has 0 radical (unpaired) electrons. The van der Waals surface area contributed by atoms with Gasteiger partial charge in [-0.15, -0.1) is 0 Å². The van der Waals surface area contributed by atoms with Gasteiger partial charge in [-0.1, -0.05) is 18.2 Å². The lowest BCUT2D eigenvalue weighted by Crippen LogP contribution is -2.48. The topological polar surface area (TPSA) is 49.4 Å². The maximum absolute atomic E-state index is 12.6. The van der Waals surface area contributed by atoms with Crippen LogP contribution in [0.2, 0.25) is 0 Å². The summed E-state index contributed by atoms with van der Waals surface area (Å²) in [5.41, 5.74) is -0.451. The first-order valence-electron chi connectivity index (χ1n) is 6.95. The second kappa shape index (κ2) is 6.37. The zero-order valence-corrected chi connectivity index (χ0v) is 12.1. The summed E-state index contributed by atoms with van der Waals surface area (Å²) in [5, 5.41) is 2.76. The summed E-state index contributed by atoms with van der Waals surface area (Å²) in [6.45, 7) is 0.424. The molecule has 1 fully saturated rings. The Bertz CT molecular complexity index is 572. The number of hydrogen-bond acceptors (Lipinski definition) is 2. The summed E-state index contributed by atoms with van der Waals surface area (Å²) in [6, 6.07) is 4.59. The minimum absolute atomic E-state index is 0.0309. The standard InChI is InChI=1S/C15H17F3N2O2/c1-20-9-12(5-6-14(20)22)19-13(21)8-10-3-2-4-11(7-10)15(16,17)18/h2-4,7,12H,5-6,8-9H2,1H3,(H,19,21)/t12-/m0/s1. The van der Waals surface area contributed by atoms with E-state index in [4.69, 9.17) is 0 Å². The van der Waals surface area contributed by atoms with Crippen LogP contribution in [0.1, 0.15) is 24.0 Å². The molecule has 0 spiro atoms. The fourth-order valence-corrected chi connectivity index (χ4v) is 2.45. The van der Waals surface area contributed by atoms with E-state index in [1.807, 2.05) is 0 Å². The number of piperidine rings is 1. The lowest BCUT2D eigenvalue weighted by atomic mass is 10.0. The molecule has 1 aliphatic heterocycles. The summed E-state index contributed by atoms with van der Waals surface area (Å²) in [5.74, 6) is -0.310. The molecular formula is C15H17F3N2O2. The minimum Gasteiger partial charge on any atom is -0.351 e. The number of likely N-dealkylation sites (tertiary alicyclic amines) is 1. The summed E-state index contributed by atoms with van der Waals surface area (Å²) in [7, 11) is 1.66. The fourth-order valence-electron chi connectivity index (χ4n) is 2.45. The van der Waals surface area contributed by atoms with Gasteiger partial charge in [0.2, 0.25) is 11.8 Å². The number of nitrogens with zero attached hydrogens (tertiary/aromatic N) is 1. The number of halogens is 3. The molecule has 1 aromatic rings. The van der Waals surface area contributed by atoms with Crippen LogP contribution < -0.4 is 5.32 Å². The summed E-state index contributed by atoms with van der Waals surface area (Å²) in [4.78, 5) is 24.8. The molecule has 1 aromatic carbocycles. The van der Waals surface area contributed by atoms with Gasteiger partial charge in [0.25, 0.3) is 0 Å². The molecule has 22 heavy (non-hydrogen) atoms. The number of likely N-dealkylation sites (N-methyl/N-ethyl adjacent to an activating group) is 1. The molecule has 1 atom stereocenters. The molecule has 7 heteroatoms. The number of rotatable bonds is 3. The zero-order valence-electron chi connectivity index (χ0n) is 12.1. The molecule has 0 aliphatic carbocycles. The Hall–Kier alpha value is -2.05. The molecule has 1 saturated heterocycles. The highest BCUT2D eigenvalue weighted by Gasteiger charge is 2.30. The van der Waals surface area contributed by atoms with Crippen LogP contribution in [0.25, 0.3) is 0 Å². The molecule has 120 valence electrons. The molecule has 1 N–H and O–H groups in total. The van der Waals surface area contributed by atoms with Gasteiger partial charge >= 0.3 is 6.18 Å². The average molecular weight is 314 g/mol. The second-order valence-electron chi connectivity index (χ2n) is 5.45. The van der Waals surface area contributed by atoms with Crippen molar-refractivity contribution in [3.05, 3.63) is 35.4 Å². The first-order valence-corrected chi connectivity index (χ1v) is 6.95. The number of nitrogens with one attached hydrogen (secondary N) is 1. The van der Waals surface area contributed by atoms with Crippen LogP contribution in [0.4, 0.5) is 13.2 Å². The maximum Gasteiger partial charge on any atom is 0.416 e. The third kappa shape index (κ3) is 4.22. The van der Waals surface area contributed by atoms with Gasteiger partial charge in [0.05, 0.1) is 12.0 Å². The van der Waals surface area contributed by atoms with Gasteiger partial charge in [0.1, 0.15) is 0 Å². The summed E-state index contributed by atoms with van der Waals surface area (Å²) in [6.07, 6.45) is -3.61. The molecule has 1 aliphatic rings. The number of carbonyl (C=O) groups is 2. The fraction of sp³-hybridized carbons (Fsp3) is 0.467. The van der Waals surface area contributed by atoms with Gasteiger partial charge in [0, 0.05) is 26.1 Å². The first-order chi connectivity index (χ1) is 10.3. The molecule has 0 unspecified atom stereocenters. The number of hydrogen-bond donors (Lipinski definition) is 1. The smallest absolute Gasteiger partial charge is 0.351 e. The number of benzene rings is 1. The number of carbonyl (C=O) groups excluding carboxylic acids is 2. The monoisotopic (exact) mass is 314 g/mol. The third-order valence-electron chi connectivity index (χ3n) is 3.61. The van der Waals surface area contributed by atoms with Crippen LogP contribution in [0.5, 0.6) is 0 Å². The van der Waals surface area contributed by atoms with Gasteiger partial charge < -0.3 is 10.2 Å². The van der Waals surface area contributed by atoms with Gasteiger partial charge in [-0.25, -0.2) is 0 Å². The Kier molecular flexibility index (Phi) is 4.73. The van der Waals surface area contributed by atoms with Crippen LogP contribution in [0.15, 0.2) is 24.3 Å². The van der Waals surface area contributed by atoms with Crippen LogP contribution in [-0.2, 0) is 22.2 Å². The van der Waals surface area contributed by atoms with Crippen LogP contribution in [0, 0.1) is 0 Å². The van der Waals surface area contributed by atoms with E-state index >= 15 is 0 Å². The Labute approximate surface area is 126 Å². The van der Waals surface area contributed by atoms with E-state index in [0.717, 1.165) is 12.1 Å². The highest BCUT2D eigenvalue weighted by Crippen LogP contribution is 2.29. The molecule has 0 bridgehead atoms. The molecule has 4 nitrogen and oxygen atoms in total. The van der Waals surface area contributed by atoms with Crippen molar-refractivity contribution in [2.45, 2.75) is 31.5 Å². The Morgan fingerprint density at radius 1 is 1.41 bits per heavy atom. The highest BCUT2D eigenvalue weighted by atomic mass is 19.4. The van der Waals surface area contributed by atoms with Crippen molar-refractivity contribution in [3.8, 4) is 0 Å². The zero-order chi connectivity index (χ0) is 16.3. The van der Waals surface area contributed by atoms with E-state index in [9.17, 15) is 22.8 Å². The van der Waals surface area contributed by atoms with Crippen molar-refractivity contribution in [1.82, 2.24) is 10.2 Å². The van der Waals surface area contributed by atoms with Crippen molar-refractivity contribution in [2.75, 3.05) is 13.6 Å². The van der Waals surface area contributed by atoms with Crippen molar-refractivity contribution >= 4 is 11.8 Å². The molecule has 1 heterocycles. The van der Waals surface area contributed by atoms with E-state index in [2.05, 4.69) is 5.32 Å². The quantitative estimate of drug-likeness (QED) is 0.927. The predicted octanol–water partition coefficient (Wildman–Crippen LogP) is 1.98. The van der Waals surface area contributed by atoms with E-state index < -0.39 is 11.7 Å². The lowest BCUT2D eigenvalue weighted by molar-refractivity contribution is -0.137. The Morgan fingerprint density at radius 3 is 2.77 bits per heavy atom. The molecule has 0 aromatic heterocycles. The van der Waals surface area contributed by atoms with Crippen LogP contribution in [-0.4, -0.2) is 36.3 Å². The first kappa shape index (κ1) is 16.3. The number of amides is 2. The van der Waals surface area contributed by atoms with E-state index in [1.54, 1.807) is 11.9 Å². The van der Waals surface area contributed by atoms with E-state index in [0.29, 0.717) is 24.9 Å². The van der Waals surface area contributed by atoms with Crippen LogP contribution >= 0.6 is 0 Å². The van der Waals surface area contributed by atoms with Gasteiger partial charge in [-0.05, 0) is 18.1 Å². The largest absolute Gasteiger partial charge is 0.416 e. The maximum atomic E-state index is 12.6. The average Bonchev–Trinajstić information content (AvgIpc) is 2.42. The van der Waals surface area contributed by atoms with Gasteiger partial charge in [-0.2, -0.15) is 13.2 Å². The Balaban J connectivity index is 1.94. The third-order valence-corrected chi connectivity index (χ3v) is 3.61. The van der Waals surface area contributed by atoms with E-state index in [-0.39, 0.29) is 24.3 Å². The molecule has 0 saturated carbocycles. The van der Waals surface area contributed by atoms with E-state index in [1.165, 1.54) is 12.1 Å². The van der Waals surface area contributed by atoms with Gasteiger partial charge in [-0.3, -0.25) is 9.59 Å². The van der Waals surface area contributed by atoms with Crippen molar-refractivity contribution < 1.29 is 22.8 Å². The van der Waals surface area contributed by atoms with Crippen LogP contribution in [0.3, 0.4) is 0 Å². The number of alkyl halides is 3. The highest BCUT2D eigenvalue weighted by molar-refractivity contribution is 5.80. The van der Waals surface area contributed by atoms with Crippen molar-refractivity contribution in [3.63, 3.8) is 0 Å².